The summed E-state index contributed by atoms with van der Waals surface area (Å²) in [5, 5.41) is 2.67. The van der Waals surface area contributed by atoms with Gasteiger partial charge in [-0.2, -0.15) is 4.31 Å². The Balaban J connectivity index is 2.10. The number of nitrogens with zero attached hydrogens (tertiary/aromatic N) is 1. The first-order valence-corrected chi connectivity index (χ1v) is 8.63. The van der Waals surface area contributed by atoms with Crippen molar-refractivity contribution in [3.63, 3.8) is 0 Å². The van der Waals surface area contributed by atoms with Crippen molar-refractivity contribution in [3.8, 4) is 0 Å². The van der Waals surface area contributed by atoms with Crippen LogP contribution in [-0.4, -0.2) is 32.2 Å². The minimum absolute atomic E-state index is 0.190. The van der Waals surface area contributed by atoms with E-state index >= 15 is 0 Å². The molecule has 0 bridgehead atoms. The van der Waals surface area contributed by atoms with Crippen LogP contribution in [0, 0.1) is 13.8 Å². The van der Waals surface area contributed by atoms with E-state index in [4.69, 9.17) is 0 Å². The maximum atomic E-state index is 12.5. The lowest BCUT2D eigenvalue weighted by Gasteiger charge is -2.17. The zero-order valence-electron chi connectivity index (χ0n) is 13.4. The van der Waals surface area contributed by atoms with E-state index in [1.807, 2.05) is 19.9 Å². The Morgan fingerprint density at radius 3 is 2.30 bits per heavy atom. The molecule has 0 aromatic heterocycles. The molecule has 0 saturated carbocycles. The average molecular weight is 332 g/mol. The molecule has 6 heteroatoms. The number of likely N-dealkylation sites (N-methyl/N-ethyl adjacent to an activating group) is 1. The van der Waals surface area contributed by atoms with E-state index < -0.39 is 10.0 Å². The van der Waals surface area contributed by atoms with Crippen LogP contribution in [0.2, 0.25) is 0 Å². The van der Waals surface area contributed by atoms with Crippen LogP contribution < -0.4 is 5.32 Å². The Hall–Kier alpha value is -2.18. The van der Waals surface area contributed by atoms with Crippen molar-refractivity contribution in [2.24, 2.45) is 0 Å². The van der Waals surface area contributed by atoms with Crippen LogP contribution in [0.5, 0.6) is 0 Å². The molecule has 2 aromatic carbocycles. The summed E-state index contributed by atoms with van der Waals surface area (Å²) in [6, 6.07) is 13.9. The average Bonchev–Trinajstić information content (AvgIpc) is 2.50. The van der Waals surface area contributed by atoms with Crippen molar-refractivity contribution in [1.82, 2.24) is 4.31 Å². The van der Waals surface area contributed by atoms with Gasteiger partial charge in [0.1, 0.15) is 0 Å². The van der Waals surface area contributed by atoms with Crippen LogP contribution in [0.25, 0.3) is 0 Å². The second kappa shape index (κ2) is 6.93. The van der Waals surface area contributed by atoms with Crippen molar-refractivity contribution >= 4 is 21.6 Å². The maximum absolute atomic E-state index is 12.5. The lowest BCUT2D eigenvalue weighted by Crippen LogP contribution is -2.35. The number of rotatable bonds is 5. The van der Waals surface area contributed by atoms with Crippen molar-refractivity contribution in [2.45, 2.75) is 18.7 Å². The molecule has 2 rings (SSSR count). The van der Waals surface area contributed by atoms with Crippen LogP contribution in [0.3, 0.4) is 0 Å². The third-order valence-corrected chi connectivity index (χ3v) is 5.41. The predicted molar refractivity (Wildman–Crippen MR) is 90.8 cm³/mol. The Kier molecular flexibility index (Phi) is 5.18. The van der Waals surface area contributed by atoms with Gasteiger partial charge in [0.15, 0.2) is 0 Å². The normalized spacial score (nSPS) is 11.5. The molecule has 5 nitrogen and oxygen atoms in total. The molecule has 23 heavy (non-hydrogen) atoms. The fourth-order valence-electron chi connectivity index (χ4n) is 2.06. The van der Waals surface area contributed by atoms with Crippen molar-refractivity contribution in [1.29, 1.82) is 0 Å². The number of hydrogen-bond donors (Lipinski definition) is 1. The summed E-state index contributed by atoms with van der Waals surface area (Å²) in [6.45, 7) is 3.53. The van der Waals surface area contributed by atoms with Gasteiger partial charge in [-0.25, -0.2) is 8.42 Å². The van der Waals surface area contributed by atoms with Crippen molar-refractivity contribution < 1.29 is 13.2 Å². The van der Waals surface area contributed by atoms with Gasteiger partial charge in [-0.05, 0) is 49.2 Å². The Morgan fingerprint density at radius 1 is 1.04 bits per heavy atom. The van der Waals surface area contributed by atoms with Gasteiger partial charge >= 0.3 is 0 Å². The number of carbonyl (C=O) groups is 1. The molecule has 0 aliphatic heterocycles. The summed E-state index contributed by atoms with van der Waals surface area (Å²) in [6.07, 6.45) is 0. The highest BCUT2D eigenvalue weighted by molar-refractivity contribution is 7.89. The first kappa shape index (κ1) is 17.2. The number of para-hydroxylation sites is 1. The smallest absolute Gasteiger partial charge is 0.243 e. The number of amides is 1. The van der Waals surface area contributed by atoms with Gasteiger partial charge in [0.2, 0.25) is 15.9 Å². The molecule has 0 heterocycles. The second-order valence-electron chi connectivity index (χ2n) is 5.42. The molecule has 0 aliphatic rings. The first-order valence-electron chi connectivity index (χ1n) is 7.19. The van der Waals surface area contributed by atoms with Crippen molar-refractivity contribution in [3.05, 3.63) is 59.7 Å². The molecule has 1 N–H and O–H groups in total. The molecule has 2 aromatic rings. The molecule has 0 radical (unpaired) electrons. The third-order valence-electron chi connectivity index (χ3n) is 3.61. The van der Waals surface area contributed by atoms with Crippen LogP contribution in [0.1, 0.15) is 11.1 Å². The maximum Gasteiger partial charge on any atom is 0.243 e. The van der Waals surface area contributed by atoms with Crippen LogP contribution in [0.4, 0.5) is 5.69 Å². The molecule has 0 saturated heterocycles. The monoisotopic (exact) mass is 332 g/mol. The van der Waals surface area contributed by atoms with E-state index in [0.29, 0.717) is 5.69 Å². The number of anilines is 1. The predicted octanol–water partition coefficient (Wildman–Crippen LogP) is 2.56. The number of sulfonamides is 1. The summed E-state index contributed by atoms with van der Waals surface area (Å²) in [4.78, 5) is 12.2. The standard InChI is InChI=1S/C17H20N2O3S/c1-13-9-10-16(11-14(13)2)23(21,22)19(3)12-17(20)18-15-7-5-4-6-8-15/h4-11H,12H2,1-3H3,(H,18,20). The topological polar surface area (TPSA) is 66.5 Å². The SMILES string of the molecule is Cc1ccc(S(=O)(=O)N(C)CC(=O)Nc2ccccc2)cc1C. The Bertz CT molecular complexity index is 802. The molecular weight excluding hydrogens is 312 g/mol. The fraction of sp³-hybridized carbons (Fsp3) is 0.235. The number of nitrogens with one attached hydrogen (secondary N) is 1. The highest BCUT2D eigenvalue weighted by Gasteiger charge is 2.23. The van der Waals surface area contributed by atoms with Gasteiger partial charge < -0.3 is 5.32 Å². The molecule has 0 aliphatic carbocycles. The van der Waals surface area contributed by atoms with E-state index in [9.17, 15) is 13.2 Å². The number of carbonyl (C=O) groups excluding carboxylic acids is 1. The second-order valence-corrected chi connectivity index (χ2v) is 7.47. The van der Waals surface area contributed by atoms with Gasteiger partial charge in [-0.3, -0.25) is 4.79 Å². The quantitative estimate of drug-likeness (QED) is 0.915. The Morgan fingerprint density at radius 2 is 1.70 bits per heavy atom. The lowest BCUT2D eigenvalue weighted by atomic mass is 10.1. The third kappa shape index (κ3) is 4.18. The van der Waals surface area contributed by atoms with Crippen LogP contribution in [-0.2, 0) is 14.8 Å². The summed E-state index contributed by atoms with van der Waals surface area (Å²) in [5.74, 6) is -0.383. The summed E-state index contributed by atoms with van der Waals surface area (Å²) >= 11 is 0. The summed E-state index contributed by atoms with van der Waals surface area (Å²) in [5.41, 5.74) is 2.55. The van der Waals surface area contributed by atoms with Gasteiger partial charge in [-0.15, -0.1) is 0 Å². The van der Waals surface area contributed by atoms with E-state index in [-0.39, 0.29) is 17.3 Å². The number of benzene rings is 2. The molecule has 0 atom stereocenters. The Labute approximate surface area is 137 Å². The van der Waals surface area contributed by atoms with E-state index in [1.165, 1.54) is 7.05 Å². The lowest BCUT2D eigenvalue weighted by molar-refractivity contribution is -0.116. The first-order chi connectivity index (χ1) is 10.8. The van der Waals surface area contributed by atoms with Gasteiger partial charge in [-0.1, -0.05) is 24.3 Å². The van der Waals surface area contributed by atoms with Crippen LogP contribution in [0.15, 0.2) is 53.4 Å². The molecular formula is C17H20N2O3S. The molecule has 0 spiro atoms. The zero-order chi connectivity index (χ0) is 17.0. The summed E-state index contributed by atoms with van der Waals surface area (Å²) < 4.78 is 26.1. The highest BCUT2D eigenvalue weighted by atomic mass is 32.2. The summed E-state index contributed by atoms with van der Waals surface area (Å²) in [7, 11) is -2.30. The minimum Gasteiger partial charge on any atom is -0.325 e. The van der Waals surface area contributed by atoms with E-state index in [0.717, 1.165) is 15.4 Å². The van der Waals surface area contributed by atoms with Gasteiger partial charge in [0.25, 0.3) is 0 Å². The molecule has 1 amide bonds. The van der Waals surface area contributed by atoms with Crippen molar-refractivity contribution in [2.75, 3.05) is 18.9 Å². The van der Waals surface area contributed by atoms with E-state index in [2.05, 4.69) is 5.32 Å². The van der Waals surface area contributed by atoms with Gasteiger partial charge in [0.05, 0.1) is 11.4 Å². The molecule has 0 unspecified atom stereocenters. The zero-order valence-corrected chi connectivity index (χ0v) is 14.2. The number of aryl methyl sites for hydroxylation is 2. The number of hydrogen-bond acceptors (Lipinski definition) is 3. The highest BCUT2D eigenvalue weighted by Crippen LogP contribution is 2.18. The molecule has 0 fully saturated rings. The van der Waals surface area contributed by atoms with E-state index in [1.54, 1.807) is 42.5 Å². The van der Waals surface area contributed by atoms with Crippen LogP contribution >= 0.6 is 0 Å². The minimum atomic E-state index is -3.69. The molecule has 122 valence electrons. The fourth-order valence-corrected chi connectivity index (χ4v) is 3.28. The van der Waals surface area contributed by atoms with Gasteiger partial charge in [0, 0.05) is 12.7 Å². The largest absolute Gasteiger partial charge is 0.325 e.